The molecule has 0 fully saturated rings. The Kier molecular flexibility index (Phi) is 5.41. The van der Waals surface area contributed by atoms with Gasteiger partial charge < -0.3 is 4.74 Å². The summed E-state index contributed by atoms with van der Waals surface area (Å²) in [6.07, 6.45) is 1.12. The van der Waals surface area contributed by atoms with Gasteiger partial charge in [-0.3, -0.25) is 0 Å². The number of benzene rings is 1. The second-order valence-electron chi connectivity index (χ2n) is 4.35. The first-order valence-corrected chi connectivity index (χ1v) is 5.85. The van der Waals surface area contributed by atoms with E-state index < -0.39 is 0 Å². The van der Waals surface area contributed by atoms with Crippen molar-refractivity contribution in [1.29, 1.82) is 0 Å². The van der Waals surface area contributed by atoms with Crippen molar-refractivity contribution in [2.45, 2.75) is 27.2 Å². The molecule has 1 heteroatoms. The van der Waals surface area contributed by atoms with E-state index in [1.54, 1.807) is 0 Å². The Bertz CT molecular complexity index is 253. The van der Waals surface area contributed by atoms with Crippen molar-refractivity contribution in [2.24, 2.45) is 11.8 Å². The van der Waals surface area contributed by atoms with Crippen molar-refractivity contribution in [3.63, 3.8) is 0 Å². The van der Waals surface area contributed by atoms with Gasteiger partial charge in [0.1, 0.15) is 0 Å². The Morgan fingerprint density at radius 2 is 1.80 bits per heavy atom. The van der Waals surface area contributed by atoms with Crippen LogP contribution in [-0.2, 0) is 11.2 Å². The van der Waals surface area contributed by atoms with Gasteiger partial charge in [-0.2, -0.15) is 0 Å². The third kappa shape index (κ3) is 4.48. The lowest BCUT2D eigenvalue weighted by molar-refractivity contribution is 0.0925. The average molecular weight is 206 g/mol. The molecular formula is C14H22O. The first-order chi connectivity index (χ1) is 7.24. The Morgan fingerprint density at radius 3 is 2.33 bits per heavy atom. The molecule has 0 bridgehead atoms. The van der Waals surface area contributed by atoms with E-state index in [4.69, 9.17) is 4.74 Å². The monoisotopic (exact) mass is 206 g/mol. The van der Waals surface area contributed by atoms with Gasteiger partial charge >= 0.3 is 0 Å². The third-order valence-electron chi connectivity index (χ3n) is 2.82. The maximum atomic E-state index is 5.53. The maximum absolute atomic E-state index is 5.53. The zero-order valence-electron chi connectivity index (χ0n) is 10.1. The van der Waals surface area contributed by atoms with Crippen LogP contribution < -0.4 is 0 Å². The van der Waals surface area contributed by atoms with Crippen molar-refractivity contribution < 1.29 is 4.74 Å². The quantitative estimate of drug-likeness (QED) is 0.691. The maximum Gasteiger partial charge on any atom is 0.0499 e. The molecular weight excluding hydrogens is 184 g/mol. The molecule has 15 heavy (non-hydrogen) atoms. The number of hydrogen-bond acceptors (Lipinski definition) is 1. The van der Waals surface area contributed by atoms with Gasteiger partial charge in [-0.05, 0) is 30.7 Å². The largest absolute Gasteiger partial charge is 0.381 e. The van der Waals surface area contributed by atoms with Crippen LogP contribution in [0.5, 0.6) is 0 Å². The summed E-state index contributed by atoms with van der Waals surface area (Å²) < 4.78 is 5.53. The smallest absolute Gasteiger partial charge is 0.0499 e. The Balaban J connectivity index is 2.51. The van der Waals surface area contributed by atoms with Crippen LogP contribution in [0.3, 0.4) is 0 Å². The molecule has 0 amide bonds. The lowest BCUT2D eigenvalue weighted by atomic mass is 9.90. The summed E-state index contributed by atoms with van der Waals surface area (Å²) in [5.74, 6) is 1.31. The zero-order valence-corrected chi connectivity index (χ0v) is 10.1. The Hall–Kier alpha value is -0.820. The predicted octanol–water partition coefficient (Wildman–Crippen LogP) is 3.54. The van der Waals surface area contributed by atoms with Crippen LogP contribution in [0.1, 0.15) is 26.3 Å². The molecule has 1 atom stereocenters. The van der Waals surface area contributed by atoms with Gasteiger partial charge in [0, 0.05) is 13.2 Å². The van der Waals surface area contributed by atoms with Gasteiger partial charge in [-0.25, -0.2) is 0 Å². The van der Waals surface area contributed by atoms with E-state index in [1.165, 1.54) is 5.56 Å². The van der Waals surface area contributed by atoms with E-state index in [1.807, 2.05) is 0 Å². The van der Waals surface area contributed by atoms with Crippen LogP contribution in [0.15, 0.2) is 30.3 Å². The highest BCUT2D eigenvalue weighted by molar-refractivity contribution is 5.15. The molecule has 0 heterocycles. The summed E-state index contributed by atoms with van der Waals surface area (Å²) in [6, 6.07) is 10.7. The van der Waals surface area contributed by atoms with E-state index in [-0.39, 0.29) is 0 Å². The van der Waals surface area contributed by atoms with Crippen molar-refractivity contribution >= 4 is 0 Å². The molecule has 0 radical (unpaired) electrons. The number of hydrogen-bond donors (Lipinski definition) is 0. The fourth-order valence-electron chi connectivity index (χ4n) is 1.67. The highest BCUT2D eigenvalue weighted by Crippen LogP contribution is 2.17. The van der Waals surface area contributed by atoms with Gasteiger partial charge in [-0.15, -0.1) is 0 Å². The van der Waals surface area contributed by atoms with Gasteiger partial charge in [0.2, 0.25) is 0 Å². The average Bonchev–Trinajstić information content (AvgIpc) is 2.25. The lowest BCUT2D eigenvalue weighted by Crippen LogP contribution is -2.18. The second-order valence-corrected chi connectivity index (χ2v) is 4.35. The summed E-state index contributed by atoms with van der Waals surface area (Å²) >= 11 is 0. The first kappa shape index (κ1) is 12.3. The Labute approximate surface area is 93.5 Å². The van der Waals surface area contributed by atoms with Gasteiger partial charge in [0.25, 0.3) is 0 Å². The normalized spacial score (nSPS) is 13.1. The Morgan fingerprint density at radius 1 is 1.13 bits per heavy atom. The zero-order chi connectivity index (χ0) is 11.1. The first-order valence-electron chi connectivity index (χ1n) is 5.85. The molecule has 1 rings (SSSR count). The van der Waals surface area contributed by atoms with Crippen LogP contribution in [-0.4, -0.2) is 13.2 Å². The molecule has 0 aliphatic carbocycles. The van der Waals surface area contributed by atoms with Crippen molar-refractivity contribution in [3.8, 4) is 0 Å². The third-order valence-corrected chi connectivity index (χ3v) is 2.82. The standard InChI is InChI=1S/C14H22O/c1-4-15-11-14(12(2)3)10-13-8-6-5-7-9-13/h5-9,12,14H,4,10-11H2,1-3H3/t14-/m0/s1. The fourth-order valence-corrected chi connectivity index (χ4v) is 1.67. The molecule has 0 spiro atoms. The highest BCUT2D eigenvalue weighted by Gasteiger charge is 2.13. The summed E-state index contributed by atoms with van der Waals surface area (Å²) in [5.41, 5.74) is 1.41. The lowest BCUT2D eigenvalue weighted by Gasteiger charge is -2.20. The molecule has 1 aromatic rings. The minimum absolute atomic E-state index is 0.632. The predicted molar refractivity (Wildman–Crippen MR) is 65.0 cm³/mol. The van der Waals surface area contributed by atoms with E-state index in [0.717, 1.165) is 19.6 Å². The molecule has 0 unspecified atom stereocenters. The van der Waals surface area contributed by atoms with E-state index in [2.05, 4.69) is 51.1 Å². The molecule has 0 saturated carbocycles. The molecule has 1 nitrogen and oxygen atoms in total. The van der Waals surface area contributed by atoms with Crippen LogP contribution in [0, 0.1) is 11.8 Å². The van der Waals surface area contributed by atoms with Gasteiger partial charge in [0.15, 0.2) is 0 Å². The summed E-state index contributed by atoms with van der Waals surface area (Å²) in [6.45, 7) is 8.29. The van der Waals surface area contributed by atoms with Gasteiger partial charge in [-0.1, -0.05) is 44.2 Å². The minimum atomic E-state index is 0.632. The van der Waals surface area contributed by atoms with Crippen LogP contribution in [0.2, 0.25) is 0 Å². The number of ether oxygens (including phenoxy) is 1. The van der Waals surface area contributed by atoms with E-state index in [9.17, 15) is 0 Å². The van der Waals surface area contributed by atoms with E-state index >= 15 is 0 Å². The fraction of sp³-hybridized carbons (Fsp3) is 0.571. The van der Waals surface area contributed by atoms with Crippen LogP contribution in [0.4, 0.5) is 0 Å². The second kappa shape index (κ2) is 6.62. The molecule has 0 aromatic heterocycles. The topological polar surface area (TPSA) is 9.23 Å². The highest BCUT2D eigenvalue weighted by atomic mass is 16.5. The summed E-state index contributed by atoms with van der Waals surface area (Å²) in [4.78, 5) is 0. The number of rotatable bonds is 6. The van der Waals surface area contributed by atoms with Crippen molar-refractivity contribution in [3.05, 3.63) is 35.9 Å². The van der Waals surface area contributed by atoms with Crippen LogP contribution in [0.25, 0.3) is 0 Å². The molecule has 0 N–H and O–H groups in total. The van der Waals surface area contributed by atoms with Crippen molar-refractivity contribution in [1.82, 2.24) is 0 Å². The molecule has 84 valence electrons. The summed E-state index contributed by atoms with van der Waals surface area (Å²) in [5, 5.41) is 0. The molecule has 0 aliphatic rings. The minimum Gasteiger partial charge on any atom is -0.381 e. The molecule has 0 aliphatic heterocycles. The molecule has 0 saturated heterocycles. The van der Waals surface area contributed by atoms with Crippen molar-refractivity contribution in [2.75, 3.05) is 13.2 Å². The van der Waals surface area contributed by atoms with Gasteiger partial charge in [0.05, 0.1) is 0 Å². The SMILES string of the molecule is CCOC[C@H](Cc1ccccc1)C(C)C. The molecule has 1 aromatic carbocycles. The van der Waals surface area contributed by atoms with Crippen LogP contribution >= 0.6 is 0 Å². The van der Waals surface area contributed by atoms with E-state index in [0.29, 0.717) is 11.8 Å². The summed E-state index contributed by atoms with van der Waals surface area (Å²) in [7, 11) is 0.